The zero-order valence-electron chi connectivity index (χ0n) is 28.8. The maximum Gasteiger partial charge on any atom is 0.569 e. The maximum absolute atomic E-state index is 12.2. The first-order chi connectivity index (χ1) is 24.9. The van der Waals surface area contributed by atoms with E-state index in [1.807, 2.05) is 12.1 Å². The highest BCUT2D eigenvalue weighted by atomic mass is 16.6. The monoisotopic (exact) mass is 702 g/mol. The van der Waals surface area contributed by atoms with Crippen LogP contribution in [0.15, 0.2) is 109 Å². The van der Waals surface area contributed by atoms with Crippen LogP contribution in [0.2, 0.25) is 0 Å². The lowest BCUT2D eigenvalue weighted by Gasteiger charge is -2.33. The molecule has 6 rings (SSSR count). The van der Waals surface area contributed by atoms with Crippen LogP contribution in [0, 0.1) is 13.8 Å². The lowest BCUT2D eigenvalue weighted by Crippen LogP contribution is -2.45. The quantitative estimate of drug-likeness (QED) is 0.124. The predicted octanol–water partition coefficient (Wildman–Crippen LogP) is 5.55. The van der Waals surface area contributed by atoms with E-state index >= 15 is 0 Å². The summed E-state index contributed by atoms with van der Waals surface area (Å²) < 4.78 is 14.8. The lowest BCUT2D eigenvalue weighted by atomic mass is 9.84. The number of likely N-dealkylation sites (N-methyl/N-ethyl adjacent to an activating group) is 1. The fourth-order valence-electron chi connectivity index (χ4n) is 5.90. The Balaban J connectivity index is 0.000000203. The summed E-state index contributed by atoms with van der Waals surface area (Å²) in [5.74, 6) is -4.61. The molecule has 3 N–H and O–H groups in total. The number of benzene rings is 5. The van der Waals surface area contributed by atoms with Crippen LogP contribution in [0.4, 0.5) is 0 Å². The van der Waals surface area contributed by atoms with Gasteiger partial charge in [0.05, 0.1) is 11.1 Å². The van der Waals surface area contributed by atoms with Crippen molar-refractivity contribution in [2.75, 3.05) is 13.6 Å². The van der Waals surface area contributed by atoms with E-state index in [2.05, 4.69) is 60.5 Å². The van der Waals surface area contributed by atoms with Crippen LogP contribution < -0.4 is 4.65 Å². The van der Waals surface area contributed by atoms with Gasteiger partial charge in [-0.25, -0.2) is 19.2 Å². The Labute approximate surface area is 301 Å². The van der Waals surface area contributed by atoms with Crippen molar-refractivity contribution in [2.45, 2.75) is 38.5 Å². The predicted molar refractivity (Wildman–Crippen MR) is 193 cm³/mol. The fourth-order valence-corrected chi connectivity index (χ4v) is 5.90. The van der Waals surface area contributed by atoms with Gasteiger partial charge in [-0.2, -0.15) is 0 Å². The molecule has 0 aromatic heterocycles. The molecule has 0 amide bonds. The van der Waals surface area contributed by atoms with Crippen molar-refractivity contribution in [1.29, 1.82) is 0 Å². The number of hydrogen-bond acceptors (Lipinski definition) is 9. The van der Waals surface area contributed by atoms with E-state index < -0.39 is 36.1 Å². The maximum atomic E-state index is 12.2. The van der Waals surface area contributed by atoms with E-state index in [0.717, 1.165) is 31.9 Å². The number of carbonyl (C=O) groups is 4. The molecule has 265 valence electrons. The average molecular weight is 703 g/mol. The Kier molecular flexibility index (Phi) is 12.1. The number of carboxylic acid groups (broad SMARTS) is 2. The van der Waals surface area contributed by atoms with E-state index in [9.17, 15) is 29.4 Å². The van der Waals surface area contributed by atoms with Crippen LogP contribution in [0.1, 0.15) is 54.5 Å². The number of rotatable bonds is 10. The van der Waals surface area contributed by atoms with Gasteiger partial charge in [-0.3, -0.25) is 0 Å². The van der Waals surface area contributed by atoms with Crippen LogP contribution in [0.5, 0.6) is 5.75 Å². The fraction of sp³-hybridized carbons (Fsp3) is 0.200. The molecule has 11 nitrogen and oxygen atoms in total. The molecule has 12 heteroatoms. The summed E-state index contributed by atoms with van der Waals surface area (Å²) in [6.45, 7) is 5.47. The smallest absolute Gasteiger partial charge is 0.537 e. The molecule has 1 heterocycles. The number of carboxylic acids is 2. The minimum atomic E-state index is -2.22. The normalized spacial score (nSPS) is 14.8. The van der Waals surface area contributed by atoms with Crippen molar-refractivity contribution >= 4 is 42.3 Å². The summed E-state index contributed by atoms with van der Waals surface area (Å²) in [5.41, 5.74) is 5.72. The first-order valence-corrected chi connectivity index (χ1v) is 16.4. The summed E-state index contributed by atoms with van der Waals surface area (Å²) in [6, 6.07) is 33.4. The van der Waals surface area contributed by atoms with Gasteiger partial charge >= 0.3 is 31.6 Å². The first kappa shape index (κ1) is 37.3. The van der Waals surface area contributed by atoms with Crippen LogP contribution in [-0.4, -0.2) is 77.5 Å². The molecule has 0 saturated carbocycles. The van der Waals surface area contributed by atoms with Gasteiger partial charge in [0, 0.05) is 19.0 Å². The molecule has 0 aliphatic carbocycles. The van der Waals surface area contributed by atoms with Gasteiger partial charge in [0.1, 0.15) is 5.75 Å². The second-order valence-electron chi connectivity index (χ2n) is 12.5. The molecule has 5 aromatic rings. The molecule has 1 aliphatic rings. The summed E-state index contributed by atoms with van der Waals surface area (Å²) in [7, 11) is 2.87. The number of fused-ring (bicyclic) bond motifs is 2. The number of carbonyl (C=O) groups excluding carboxylic acids is 2. The molecule has 0 bridgehead atoms. The SMILES string of the molecule is CN1Cc2cc(O[B]O)ccc2[C@H](c2ccc3ccccc3c2)C1.Cc1ccc(C(=O)O[C@H](C(=O)O)[C@H](OC(=O)c2ccc(C)cc2)C(=O)O)cc1. The summed E-state index contributed by atoms with van der Waals surface area (Å²) >= 11 is 0. The molecule has 5 aromatic carbocycles. The van der Waals surface area contributed by atoms with Gasteiger partial charge in [0.2, 0.25) is 12.2 Å². The molecule has 0 unspecified atom stereocenters. The Morgan fingerprint density at radius 1 is 0.712 bits per heavy atom. The molecule has 1 radical (unpaired) electrons. The van der Waals surface area contributed by atoms with Gasteiger partial charge in [-0.05, 0) is 84.8 Å². The number of aliphatic carboxylic acids is 2. The van der Waals surface area contributed by atoms with Gasteiger partial charge in [-0.1, -0.05) is 83.9 Å². The summed E-state index contributed by atoms with van der Waals surface area (Å²) in [5, 5.41) is 30.0. The van der Waals surface area contributed by atoms with Crippen molar-refractivity contribution in [3.63, 3.8) is 0 Å². The van der Waals surface area contributed by atoms with Crippen molar-refractivity contribution in [2.24, 2.45) is 0 Å². The number of aryl methyl sites for hydroxylation is 2. The number of ether oxygens (including phenoxy) is 2. The second kappa shape index (κ2) is 16.8. The minimum absolute atomic E-state index is 0.0332. The molecule has 0 fully saturated rings. The number of hydrogen-bond donors (Lipinski definition) is 3. The van der Waals surface area contributed by atoms with E-state index in [1.54, 1.807) is 38.1 Å². The van der Waals surface area contributed by atoms with Crippen LogP contribution in [-0.2, 0) is 25.6 Å². The Morgan fingerprint density at radius 2 is 1.25 bits per heavy atom. The van der Waals surface area contributed by atoms with Gasteiger partial charge in [0.15, 0.2) is 0 Å². The zero-order chi connectivity index (χ0) is 37.4. The van der Waals surface area contributed by atoms with Crippen LogP contribution in [0.3, 0.4) is 0 Å². The van der Waals surface area contributed by atoms with E-state index in [0.29, 0.717) is 11.7 Å². The van der Waals surface area contributed by atoms with Crippen LogP contribution >= 0.6 is 0 Å². The van der Waals surface area contributed by atoms with Crippen molar-refractivity contribution in [3.05, 3.63) is 148 Å². The molecule has 3 atom stereocenters. The third-order valence-electron chi connectivity index (χ3n) is 8.59. The lowest BCUT2D eigenvalue weighted by molar-refractivity contribution is -0.166. The Morgan fingerprint density at radius 3 is 1.77 bits per heavy atom. The molecular weight excluding hydrogens is 665 g/mol. The van der Waals surface area contributed by atoms with Crippen molar-refractivity contribution < 1.29 is 48.5 Å². The van der Waals surface area contributed by atoms with E-state index in [4.69, 9.17) is 19.2 Å². The number of nitrogens with zero attached hydrogens (tertiary/aromatic N) is 1. The highest BCUT2D eigenvalue weighted by Crippen LogP contribution is 2.36. The van der Waals surface area contributed by atoms with Crippen molar-refractivity contribution in [1.82, 2.24) is 4.90 Å². The van der Waals surface area contributed by atoms with Gasteiger partial charge in [-0.15, -0.1) is 0 Å². The van der Waals surface area contributed by atoms with Crippen molar-refractivity contribution in [3.8, 4) is 5.75 Å². The molecule has 0 spiro atoms. The second-order valence-corrected chi connectivity index (χ2v) is 12.5. The average Bonchev–Trinajstić information content (AvgIpc) is 3.13. The molecular formula is C40H37BNO10. The minimum Gasteiger partial charge on any atom is -0.537 e. The highest BCUT2D eigenvalue weighted by Gasteiger charge is 2.41. The van der Waals surface area contributed by atoms with Gasteiger partial charge in [0.25, 0.3) is 0 Å². The summed E-state index contributed by atoms with van der Waals surface area (Å²) in [6.07, 6.45) is -4.44. The van der Waals surface area contributed by atoms with E-state index in [1.165, 1.54) is 51.7 Å². The topological polar surface area (TPSA) is 160 Å². The van der Waals surface area contributed by atoms with Gasteiger partial charge < -0.3 is 34.3 Å². The third-order valence-corrected chi connectivity index (χ3v) is 8.59. The third kappa shape index (κ3) is 9.22. The highest BCUT2D eigenvalue weighted by molar-refractivity contribution is 6.17. The first-order valence-electron chi connectivity index (χ1n) is 16.4. The Hall–Kier alpha value is -5.98. The number of esters is 2. The Bertz CT molecular complexity index is 1990. The largest absolute Gasteiger partial charge is 0.569 e. The molecule has 0 saturated heterocycles. The zero-order valence-corrected chi connectivity index (χ0v) is 28.8. The van der Waals surface area contributed by atoms with E-state index in [-0.39, 0.29) is 11.1 Å². The standard InChI is InChI=1S/C20H19BNO2.C20H18O8/c1-22-12-17-11-18(24-21-23)8-9-19(17)20(13-22)16-7-6-14-4-2-3-5-15(14)10-16;1-11-3-7-13(8-4-11)19(25)27-15(17(21)22)16(18(23)24)28-20(26)14-9-5-12(2)6-10-14/h2-11,20,23H,12-13H2,1H3;3-10,15-16H,1-2H3,(H,21,22)(H,23,24)/t20-;15-,16-/m00/s1. The molecule has 52 heavy (non-hydrogen) atoms. The van der Waals surface area contributed by atoms with Crippen LogP contribution in [0.25, 0.3) is 10.8 Å². The summed E-state index contributed by atoms with van der Waals surface area (Å²) in [4.78, 5) is 49.7. The molecule has 1 aliphatic heterocycles.